The topological polar surface area (TPSA) is 63.4 Å². The summed E-state index contributed by atoms with van der Waals surface area (Å²) in [5.74, 6) is -0.868. The summed E-state index contributed by atoms with van der Waals surface area (Å²) in [6.45, 7) is 7.07. The van der Waals surface area contributed by atoms with Crippen molar-refractivity contribution in [2.24, 2.45) is 0 Å². The van der Waals surface area contributed by atoms with Gasteiger partial charge in [0.2, 0.25) is 10.0 Å². The fraction of sp³-hybridized carbons (Fsp3) is 0.167. The van der Waals surface area contributed by atoms with Crippen LogP contribution in [0.4, 0.5) is 10.1 Å². The molecule has 1 rings (SSSR count). The largest absolute Gasteiger partial charge is 0.399 e. The van der Waals surface area contributed by atoms with Gasteiger partial charge in [-0.15, -0.1) is 13.2 Å². The summed E-state index contributed by atoms with van der Waals surface area (Å²) < 4.78 is 39.7. The van der Waals surface area contributed by atoms with Gasteiger partial charge in [0.25, 0.3) is 0 Å². The minimum atomic E-state index is -4.00. The van der Waals surface area contributed by atoms with Crippen LogP contribution in [0.2, 0.25) is 0 Å². The van der Waals surface area contributed by atoms with Crippen LogP contribution in [0.5, 0.6) is 0 Å². The van der Waals surface area contributed by atoms with Crippen LogP contribution in [0.25, 0.3) is 0 Å². The van der Waals surface area contributed by atoms with Crippen molar-refractivity contribution in [3.8, 4) is 0 Å². The van der Waals surface area contributed by atoms with Crippen LogP contribution >= 0.6 is 15.9 Å². The van der Waals surface area contributed by atoms with Crippen LogP contribution in [0.15, 0.2) is 46.8 Å². The first-order chi connectivity index (χ1) is 8.84. The Balaban J connectivity index is 3.40. The molecule has 4 nitrogen and oxygen atoms in total. The van der Waals surface area contributed by atoms with Gasteiger partial charge in [-0.2, -0.15) is 4.31 Å². The average molecular weight is 349 g/mol. The Morgan fingerprint density at radius 3 is 2.32 bits per heavy atom. The zero-order valence-corrected chi connectivity index (χ0v) is 12.5. The third-order valence-electron chi connectivity index (χ3n) is 2.30. The number of benzene rings is 1. The van der Waals surface area contributed by atoms with Crippen molar-refractivity contribution in [2.75, 3.05) is 18.8 Å². The van der Waals surface area contributed by atoms with Crippen molar-refractivity contribution < 1.29 is 12.8 Å². The fourth-order valence-electron chi connectivity index (χ4n) is 1.47. The number of rotatable bonds is 6. The summed E-state index contributed by atoms with van der Waals surface area (Å²) in [6, 6.07) is 2.40. The van der Waals surface area contributed by atoms with Gasteiger partial charge in [-0.05, 0) is 28.1 Å². The first kappa shape index (κ1) is 15.9. The van der Waals surface area contributed by atoms with Gasteiger partial charge in [0.15, 0.2) is 5.82 Å². The Kier molecular flexibility index (Phi) is 5.28. The Morgan fingerprint density at radius 1 is 1.32 bits per heavy atom. The lowest BCUT2D eigenvalue weighted by atomic mass is 10.3. The smallest absolute Gasteiger partial charge is 0.246 e. The molecule has 0 spiro atoms. The monoisotopic (exact) mass is 348 g/mol. The Morgan fingerprint density at radius 2 is 1.84 bits per heavy atom. The summed E-state index contributed by atoms with van der Waals surface area (Å²) in [5.41, 5.74) is 5.71. The molecule has 0 aliphatic rings. The molecule has 0 saturated heterocycles. The maximum atomic E-state index is 14.0. The molecule has 19 heavy (non-hydrogen) atoms. The SMILES string of the molecule is C=CCN(CC=C)S(=O)(=O)c1cc(N)cc(Br)c1F. The molecular formula is C12H14BrFN2O2S. The van der Waals surface area contributed by atoms with Gasteiger partial charge in [0, 0.05) is 18.8 Å². The van der Waals surface area contributed by atoms with Crippen LogP contribution in [0.1, 0.15) is 0 Å². The third kappa shape index (κ3) is 3.43. The number of nitrogens with two attached hydrogens (primary N) is 1. The zero-order chi connectivity index (χ0) is 14.6. The molecule has 0 aliphatic heterocycles. The summed E-state index contributed by atoms with van der Waals surface area (Å²) in [6.07, 6.45) is 2.83. The molecule has 0 fully saturated rings. The molecule has 0 heterocycles. The van der Waals surface area contributed by atoms with Gasteiger partial charge in [-0.3, -0.25) is 0 Å². The third-order valence-corrected chi connectivity index (χ3v) is 4.71. The molecule has 7 heteroatoms. The average Bonchev–Trinajstić information content (AvgIpc) is 2.33. The molecule has 1 aromatic carbocycles. The van der Waals surface area contributed by atoms with E-state index < -0.39 is 20.7 Å². The zero-order valence-electron chi connectivity index (χ0n) is 10.1. The standard InChI is InChI=1S/C12H14BrFN2O2S/c1-3-5-16(6-4-2)19(17,18)11-8-9(15)7-10(13)12(11)14/h3-4,7-8H,1-2,5-6,15H2. The molecule has 0 atom stereocenters. The molecule has 0 bridgehead atoms. The maximum absolute atomic E-state index is 14.0. The second-order valence-corrected chi connectivity index (χ2v) is 6.47. The van der Waals surface area contributed by atoms with Crippen molar-refractivity contribution in [3.05, 3.63) is 47.7 Å². The van der Waals surface area contributed by atoms with Crippen molar-refractivity contribution >= 4 is 31.6 Å². The van der Waals surface area contributed by atoms with E-state index in [0.717, 1.165) is 10.4 Å². The highest BCUT2D eigenvalue weighted by Crippen LogP contribution is 2.28. The lowest BCUT2D eigenvalue weighted by Gasteiger charge is -2.19. The Labute approximate surface area is 120 Å². The molecule has 2 N–H and O–H groups in total. The second kappa shape index (κ2) is 6.31. The summed E-state index contributed by atoms with van der Waals surface area (Å²) in [5, 5.41) is 0. The van der Waals surface area contributed by atoms with E-state index in [2.05, 4.69) is 29.1 Å². The van der Waals surface area contributed by atoms with Gasteiger partial charge in [0.1, 0.15) is 4.90 Å². The van der Waals surface area contributed by atoms with Crippen LogP contribution in [0, 0.1) is 5.82 Å². The number of hydrogen-bond donors (Lipinski definition) is 1. The number of anilines is 1. The van der Waals surface area contributed by atoms with Gasteiger partial charge < -0.3 is 5.73 Å². The van der Waals surface area contributed by atoms with E-state index >= 15 is 0 Å². The maximum Gasteiger partial charge on any atom is 0.246 e. The number of nitrogen functional groups attached to an aromatic ring is 1. The van der Waals surface area contributed by atoms with Crippen LogP contribution < -0.4 is 5.73 Å². The van der Waals surface area contributed by atoms with E-state index in [1.807, 2.05) is 0 Å². The van der Waals surface area contributed by atoms with E-state index in [0.29, 0.717) is 0 Å². The number of sulfonamides is 1. The molecule has 1 aromatic rings. The lowest BCUT2D eigenvalue weighted by molar-refractivity contribution is 0.466. The van der Waals surface area contributed by atoms with Crippen molar-refractivity contribution in [1.82, 2.24) is 4.31 Å². The lowest BCUT2D eigenvalue weighted by Crippen LogP contribution is -2.32. The summed E-state index contributed by atoms with van der Waals surface area (Å²) in [4.78, 5) is -0.469. The van der Waals surface area contributed by atoms with Crippen LogP contribution in [0.3, 0.4) is 0 Å². The van der Waals surface area contributed by atoms with Crippen molar-refractivity contribution in [3.63, 3.8) is 0 Å². The minimum Gasteiger partial charge on any atom is -0.399 e. The molecule has 0 aliphatic carbocycles. The second-order valence-electron chi connectivity index (χ2n) is 3.71. The first-order valence-corrected chi connectivity index (χ1v) is 7.54. The van der Waals surface area contributed by atoms with Gasteiger partial charge in [-0.25, -0.2) is 12.8 Å². The minimum absolute atomic E-state index is 0.00299. The summed E-state index contributed by atoms with van der Waals surface area (Å²) >= 11 is 2.94. The van der Waals surface area contributed by atoms with Gasteiger partial charge >= 0.3 is 0 Å². The van der Waals surface area contributed by atoms with E-state index in [1.165, 1.54) is 18.2 Å². The van der Waals surface area contributed by atoms with Crippen LogP contribution in [-0.2, 0) is 10.0 Å². The van der Waals surface area contributed by atoms with E-state index in [1.54, 1.807) is 0 Å². The molecule has 0 amide bonds. The highest BCUT2D eigenvalue weighted by molar-refractivity contribution is 9.10. The summed E-state index contributed by atoms with van der Waals surface area (Å²) in [7, 11) is -4.00. The van der Waals surface area contributed by atoms with Gasteiger partial charge in [0.05, 0.1) is 4.47 Å². The first-order valence-electron chi connectivity index (χ1n) is 5.31. The molecule has 0 saturated carbocycles. The molecule has 104 valence electrons. The fourth-order valence-corrected chi connectivity index (χ4v) is 3.58. The van der Waals surface area contributed by atoms with E-state index in [4.69, 9.17) is 5.73 Å². The van der Waals surface area contributed by atoms with Crippen molar-refractivity contribution in [1.29, 1.82) is 0 Å². The molecule has 0 radical (unpaired) electrons. The molecule has 0 unspecified atom stereocenters. The number of nitrogens with zero attached hydrogens (tertiary/aromatic N) is 1. The van der Waals surface area contributed by atoms with E-state index in [-0.39, 0.29) is 23.2 Å². The normalized spacial score (nSPS) is 11.5. The molecule has 0 aromatic heterocycles. The molecular weight excluding hydrogens is 335 g/mol. The Bertz CT molecular complexity index is 592. The van der Waals surface area contributed by atoms with E-state index in [9.17, 15) is 12.8 Å². The van der Waals surface area contributed by atoms with Gasteiger partial charge in [-0.1, -0.05) is 12.2 Å². The highest BCUT2D eigenvalue weighted by atomic mass is 79.9. The predicted octanol–water partition coefficient (Wildman–Crippen LogP) is 2.53. The number of hydrogen-bond acceptors (Lipinski definition) is 3. The van der Waals surface area contributed by atoms with Crippen molar-refractivity contribution in [2.45, 2.75) is 4.90 Å². The number of halogens is 2. The Hall–Kier alpha value is -1.18. The quantitative estimate of drug-likeness (QED) is 0.634. The van der Waals surface area contributed by atoms with Crippen LogP contribution in [-0.4, -0.2) is 25.8 Å². The highest BCUT2D eigenvalue weighted by Gasteiger charge is 2.27. The predicted molar refractivity (Wildman–Crippen MR) is 77.7 cm³/mol.